The molecule has 0 unspecified atom stereocenters. The molecule has 0 spiro atoms. The van der Waals surface area contributed by atoms with Gasteiger partial charge in [-0.2, -0.15) is 0 Å². The summed E-state index contributed by atoms with van der Waals surface area (Å²) < 4.78 is 1.42. The number of carbonyl (C=O) groups is 1. The van der Waals surface area contributed by atoms with Gasteiger partial charge < -0.3 is 15.0 Å². The van der Waals surface area contributed by atoms with E-state index in [1.807, 2.05) is 43.3 Å². The highest BCUT2D eigenvalue weighted by Crippen LogP contribution is 2.13. The monoisotopic (exact) mass is 390 g/mol. The SMILES string of the molecule is Cc1nc2c[nH]c(/C=C/C(O)=C/C(=O)/C=C/c3ccc(N(C)C)cc3)cn-2c1=O. The van der Waals surface area contributed by atoms with Gasteiger partial charge in [0.2, 0.25) is 0 Å². The molecule has 0 radical (unpaired) electrons. The zero-order valence-electron chi connectivity index (χ0n) is 16.5. The molecule has 0 aliphatic carbocycles. The molecule has 29 heavy (non-hydrogen) atoms. The Labute approximate surface area is 168 Å². The Bertz CT molecular complexity index is 1130. The third kappa shape index (κ3) is 4.90. The number of aromatic amines is 1. The number of ketones is 1. The molecule has 2 heterocycles. The lowest BCUT2D eigenvalue weighted by Crippen LogP contribution is -2.13. The van der Waals surface area contributed by atoms with Crippen molar-refractivity contribution in [2.24, 2.45) is 0 Å². The predicted octanol–water partition coefficient (Wildman–Crippen LogP) is 3.11. The first-order valence-corrected chi connectivity index (χ1v) is 8.99. The van der Waals surface area contributed by atoms with Crippen LogP contribution in [0.3, 0.4) is 0 Å². The van der Waals surface area contributed by atoms with Crippen LogP contribution in [0.2, 0.25) is 0 Å². The van der Waals surface area contributed by atoms with Crippen molar-refractivity contribution in [2.45, 2.75) is 6.92 Å². The van der Waals surface area contributed by atoms with E-state index in [0.717, 1.165) is 17.3 Å². The van der Waals surface area contributed by atoms with Gasteiger partial charge >= 0.3 is 0 Å². The van der Waals surface area contributed by atoms with Crippen molar-refractivity contribution in [2.75, 3.05) is 19.0 Å². The molecule has 1 aromatic carbocycles. The van der Waals surface area contributed by atoms with E-state index in [-0.39, 0.29) is 17.1 Å². The number of hydrogen-bond acceptors (Lipinski definition) is 5. The number of carbonyl (C=O) groups excluding carboxylic acids is 1. The van der Waals surface area contributed by atoms with Gasteiger partial charge in [-0.1, -0.05) is 18.2 Å². The molecular formula is C22H22N4O3. The average molecular weight is 390 g/mol. The molecule has 7 heteroatoms. The van der Waals surface area contributed by atoms with E-state index in [9.17, 15) is 14.7 Å². The van der Waals surface area contributed by atoms with E-state index in [2.05, 4.69) is 9.97 Å². The quantitative estimate of drug-likeness (QED) is 0.383. The lowest BCUT2D eigenvalue weighted by atomic mass is 10.1. The van der Waals surface area contributed by atoms with Crippen LogP contribution < -0.4 is 10.5 Å². The summed E-state index contributed by atoms with van der Waals surface area (Å²) in [7, 11) is 3.92. The molecular weight excluding hydrogens is 368 g/mol. The predicted molar refractivity (Wildman–Crippen MR) is 115 cm³/mol. The van der Waals surface area contributed by atoms with Crippen LogP contribution in [0.25, 0.3) is 18.0 Å². The van der Waals surface area contributed by atoms with Gasteiger partial charge in [0.25, 0.3) is 5.56 Å². The molecule has 0 saturated carbocycles. The summed E-state index contributed by atoms with van der Waals surface area (Å²) in [6, 6.07) is 7.75. The second kappa shape index (κ2) is 8.43. The van der Waals surface area contributed by atoms with Crippen LogP contribution in [-0.2, 0) is 4.79 Å². The summed E-state index contributed by atoms with van der Waals surface area (Å²) in [5, 5.41) is 9.97. The third-order valence-electron chi connectivity index (χ3n) is 4.27. The lowest BCUT2D eigenvalue weighted by molar-refractivity contribution is -0.110. The Morgan fingerprint density at radius 3 is 2.59 bits per heavy atom. The topological polar surface area (TPSA) is 91.2 Å². The number of benzene rings is 1. The number of aryl methyl sites for hydroxylation is 1. The Kier molecular flexibility index (Phi) is 5.78. The molecule has 0 saturated heterocycles. The van der Waals surface area contributed by atoms with Gasteiger partial charge in [-0.25, -0.2) is 4.98 Å². The molecule has 2 aliphatic rings. The van der Waals surface area contributed by atoms with Crippen molar-refractivity contribution in [3.63, 3.8) is 0 Å². The Balaban J connectivity index is 1.67. The van der Waals surface area contributed by atoms with Crippen molar-refractivity contribution in [1.82, 2.24) is 14.5 Å². The largest absolute Gasteiger partial charge is 0.508 e. The van der Waals surface area contributed by atoms with Gasteiger partial charge in [0.1, 0.15) is 11.5 Å². The van der Waals surface area contributed by atoms with E-state index in [0.29, 0.717) is 17.2 Å². The molecule has 0 atom stereocenters. The minimum absolute atomic E-state index is 0.192. The fraction of sp³-hybridized carbons (Fsp3) is 0.136. The molecule has 0 aromatic heterocycles. The van der Waals surface area contributed by atoms with Crippen LogP contribution in [0.15, 0.2) is 65.4 Å². The van der Waals surface area contributed by atoms with E-state index >= 15 is 0 Å². The highest BCUT2D eigenvalue weighted by molar-refractivity contribution is 6.02. The second-order valence-electron chi connectivity index (χ2n) is 6.73. The van der Waals surface area contributed by atoms with E-state index in [4.69, 9.17) is 0 Å². The number of hydrogen-bond donors (Lipinski definition) is 2. The highest BCUT2D eigenvalue weighted by atomic mass is 16.3. The molecule has 1 aromatic rings. The number of H-pyrrole nitrogens is 1. The summed E-state index contributed by atoms with van der Waals surface area (Å²) in [5.41, 5.74) is 2.76. The molecule has 7 nitrogen and oxygen atoms in total. The van der Waals surface area contributed by atoms with Crippen molar-refractivity contribution in [3.05, 3.63) is 88.0 Å². The first kappa shape index (κ1) is 19.9. The molecule has 2 N–H and O–H groups in total. The van der Waals surface area contributed by atoms with Crippen LogP contribution in [0.5, 0.6) is 0 Å². The van der Waals surface area contributed by atoms with Crippen molar-refractivity contribution >= 4 is 23.6 Å². The summed E-state index contributed by atoms with van der Waals surface area (Å²) in [6.45, 7) is 1.65. The average Bonchev–Trinajstić information content (AvgIpc) is 2.98. The summed E-state index contributed by atoms with van der Waals surface area (Å²) in [6.07, 6.45) is 10.3. The number of imidazole rings is 1. The van der Waals surface area contributed by atoms with Gasteiger partial charge in [0.15, 0.2) is 11.6 Å². The number of aromatic nitrogens is 3. The minimum atomic E-state index is -0.338. The van der Waals surface area contributed by atoms with Crippen LogP contribution in [0.1, 0.15) is 17.0 Å². The number of anilines is 1. The molecule has 0 bridgehead atoms. The fourth-order valence-electron chi connectivity index (χ4n) is 2.67. The molecule has 0 fully saturated rings. The first-order valence-electron chi connectivity index (χ1n) is 8.99. The van der Waals surface area contributed by atoms with Gasteiger partial charge in [-0.15, -0.1) is 0 Å². The number of rotatable bonds is 6. The van der Waals surface area contributed by atoms with Gasteiger partial charge in [0.05, 0.1) is 5.69 Å². The number of nitrogens with zero attached hydrogens (tertiary/aromatic N) is 3. The van der Waals surface area contributed by atoms with Gasteiger partial charge in [0, 0.05) is 38.3 Å². The Morgan fingerprint density at radius 2 is 1.90 bits per heavy atom. The zero-order chi connectivity index (χ0) is 21.0. The Hall–Kier alpha value is -3.87. The number of fused-ring (bicyclic) bond motifs is 1. The maximum Gasteiger partial charge on any atom is 0.277 e. The Morgan fingerprint density at radius 1 is 1.17 bits per heavy atom. The van der Waals surface area contributed by atoms with Gasteiger partial charge in [-0.3, -0.25) is 14.2 Å². The first-order chi connectivity index (χ1) is 13.8. The van der Waals surface area contributed by atoms with Crippen molar-refractivity contribution in [1.29, 1.82) is 0 Å². The van der Waals surface area contributed by atoms with Crippen LogP contribution in [-0.4, -0.2) is 39.5 Å². The van der Waals surface area contributed by atoms with Crippen LogP contribution in [0, 0.1) is 6.92 Å². The maximum absolute atomic E-state index is 12.0. The molecule has 148 valence electrons. The molecule has 2 aliphatic heterocycles. The molecule has 0 amide bonds. The van der Waals surface area contributed by atoms with E-state index in [1.165, 1.54) is 16.7 Å². The highest BCUT2D eigenvalue weighted by Gasteiger charge is 2.10. The van der Waals surface area contributed by atoms with Crippen LogP contribution >= 0.6 is 0 Å². The molecule has 3 rings (SSSR count). The maximum atomic E-state index is 12.0. The number of nitrogens with one attached hydrogen (secondary N) is 1. The number of aliphatic hydroxyl groups excluding tert-OH is 1. The zero-order valence-corrected chi connectivity index (χ0v) is 16.5. The van der Waals surface area contributed by atoms with E-state index in [1.54, 1.807) is 31.5 Å². The minimum Gasteiger partial charge on any atom is -0.508 e. The summed E-state index contributed by atoms with van der Waals surface area (Å²) >= 11 is 0. The summed E-state index contributed by atoms with van der Waals surface area (Å²) in [4.78, 5) is 33.1. The van der Waals surface area contributed by atoms with Crippen molar-refractivity contribution in [3.8, 4) is 5.82 Å². The third-order valence-corrected chi connectivity index (χ3v) is 4.27. The second-order valence-corrected chi connectivity index (χ2v) is 6.73. The van der Waals surface area contributed by atoms with Gasteiger partial charge in [-0.05, 0) is 42.8 Å². The van der Waals surface area contributed by atoms with Crippen molar-refractivity contribution < 1.29 is 9.90 Å². The van der Waals surface area contributed by atoms with E-state index < -0.39 is 0 Å². The smallest absolute Gasteiger partial charge is 0.277 e. The standard InChI is InChI=1S/C22H22N4O3/c1-15-22(29)26-14-17(23-13-21(26)24-15)7-11-20(28)12-19(27)10-6-16-4-8-18(9-5-16)25(2)3/h4-14,23,28H,1-3H3/b10-6+,11-7+,20-12-. The fourth-order valence-corrected chi connectivity index (χ4v) is 2.67. The normalized spacial score (nSPS) is 12.3. The number of aliphatic hydroxyl groups is 1. The lowest BCUT2D eigenvalue weighted by Gasteiger charge is -2.11. The van der Waals surface area contributed by atoms with Crippen LogP contribution in [0.4, 0.5) is 5.69 Å². The summed E-state index contributed by atoms with van der Waals surface area (Å²) in [5.74, 6) is -0.0149. The number of allylic oxidation sites excluding steroid dienone is 3.